The van der Waals surface area contributed by atoms with Crippen molar-refractivity contribution in [2.45, 2.75) is 18.1 Å². The number of rotatable bonds is 5. The summed E-state index contributed by atoms with van der Waals surface area (Å²) in [5, 5.41) is 12.0. The number of amides is 1. The summed E-state index contributed by atoms with van der Waals surface area (Å²) in [7, 11) is 0. The molecule has 0 aliphatic heterocycles. The summed E-state index contributed by atoms with van der Waals surface area (Å²) in [5.74, 6) is 0.189. The highest BCUT2D eigenvalue weighted by atomic mass is 32.2. The minimum Gasteiger partial charge on any atom is -0.382 e. The largest absolute Gasteiger partial charge is 0.382 e. The van der Waals surface area contributed by atoms with Gasteiger partial charge in [0.15, 0.2) is 5.16 Å². The van der Waals surface area contributed by atoms with Gasteiger partial charge in [0.25, 0.3) is 0 Å². The Morgan fingerprint density at radius 2 is 2.18 bits per heavy atom. The van der Waals surface area contributed by atoms with E-state index in [1.807, 2.05) is 43.3 Å². The number of nitrogens with one attached hydrogen (secondary N) is 1. The first-order valence-corrected chi connectivity index (χ1v) is 7.58. The number of nitrogens with two attached hydrogens (primary N) is 1. The normalized spacial score (nSPS) is 11.5. The molecule has 2 rings (SSSR count). The van der Waals surface area contributed by atoms with Gasteiger partial charge in [0.05, 0.1) is 18.0 Å². The highest BCUT2D eigenvalue weighted by Gasteiger charge is 2.11. The van der Waals surface area contributed by atoms with Crippen LogP contribution in [-0.2, 0) is 4.79 Å². The molecule has 2 aromatic rings. The quantitative estimate of drug-likeness (QED) is 0.645. The number of anilines is 1. The average Bonchev–Trinajstić information content (AvgIpc) is 2.54. The van der Waals surface area contributed by atoms with E-state index in [9.17, 15) is 4.79 Å². The van der Waals surface area contributed by atoms with Crippen LogP contribution < -0.4 is 11.1 Å². The summed E-state index contributed by atoms with van der Waals surface area (Å²) in [6.45, 7) is 1.92. The minimum atomic E-state index is -0.118. The zero-order valence-corrected chi connectivity index (χ0v) is 12.8. The Hall–Kier alpha value is -2.59. The van der Waals surface area contributed by atoms with Crippen LogP contribution in [0.3, 0.4) is 0 Å². The van der Waals surface area contributed by atoms with Gasteiger partial charge in [-0.15, -0.1) is 0 Å². The monoisotopic (exact) mass is 313 g/mol. The van der Waals surface area contributed by atoms with Crippen LogP contribution in [0.4, 0.5) is 5.82 Å². The third kappa shape index (κ3) is 4.20. The number of benzene rings is 1. The Morgan fingerprint density at radius 3 is 2.82 bits per heavy atom. The predicted octanol–water partition coefficient (Wildman–Crippen LogP) is 1.90. The number of nitrogens with zero attached hydrogens (tertiary/aromatic N) is 3. The molecule has 1 atom stereocenters. The van der Waals surface area contributed by atoms with Gasteiger partial charge in [0.2, 0.25) is 5.91 Å². The molecular formula is C15H15N5OS. The summed E-state index contributed by atoms with van der Waals surface area (Å²) >= 11 is 1.18. The van der Waals surface area contributed by atoms with E-state index in [-0.39, 0.29) is 29.1 Å². The molecule has 0 spiro atoms. The first-order valence-electron chi connectivity index (χ1n) is 6.60. The van der Waals surface area contributed by atoms with E-state index in [2.05, 4.69) is 15.3 Å². The van der Waals surface area contributed by atoms with Crippen molar-refractivity contribution in [2.24, 2.45) is 0 Å². The lowest BCUT2D eigenvalue weighted by Gasteiger charge is -2.13. The van der Waals surface area contributed by atoms with Crippen LogP contribution in [0, 0.1) is 11.3 Å². The van der Waals surface area contributed by atoms with Crippen molar-refractivity contribution in [3.8, 4) is 6.07 Å². The fourth-order valence-electron chi connectivity index (χ4n) is 1.77. The van der Waals surface area contributed by atoms with E-state index in [0.29, 0.717) is 5.16 Å². The molecule has 0 radical (unpaired) electrons. The lowest BCUT2D eigenvalue weighted by molar-refractivity contribution is -0.119. The summed E-state index contributed by atoms with van der Waals surface area (Å²) in [6.07, 6.45) is 1.36. The smallest absolute Gasteiger partial charge is 0.230 e. The Labute approximate surface area is 132 Å². The highest BCUT2D eigenvalue weighted by molar-refractivity contribution is 7.99. The summed E-state index contributed by atoms with van der Waals surface area (Å²) in [6, 6.07) is 11.5. The van der Waals surface area contributed by atoms with Crippen molar-refractivity contribution >= 4 is 23.5 Å². The van der Waals surface area contributed by atoms with E-state index in [0.717, 1.165) is 5.56 Å². The fourth-order valence-corrected chi connectivity index (χ4v) is 2.41. The van der Waals surface area contributed by atoms with E-state index < -0.39 is 0 Å². The van der Waals surface area contributed by atoms with Crippen molar-refractivity contribution in [2.75, 3.05) is 11.5 Å². The van der Waals surface area contributed by atoms with Gasteiger partial charge in [-0.3, -0.25) is 4.79 Å². The number of thioether (sulfide) groups is 1. The van der Waals surface area contributed by atoms with Crippen molar-refractivity contribution in [3.63, 3.8) is 0 Å². The Bertz CT molecular complexity index is 699. The summed E-state index contributed by atoms with van der Waals surface area (Å²) < 4.78 is 0. The second kappa shape index (κ2) is 7.43. The van der Waals surface area contributed by atoms with E-state index >= 15 is 0 Å². The maximum absolute atomic E-state index is 11.9. The third-order valence-electron chi connectivity index (χ3n) is 2.93. The number of carbonyl (C=O) groups excluding carboxylic acids is 1. The third-order valence-corrected chi connectivity index (χ3v) is 3.79. The zero-order chi connectivity index (χ0) is 15.9. The molecule has 1 heterocycles. The molecule has 0 bridgehead atoms. The maximum Gasteiger partial charge on any atom is 0.230 e. The van der Waals surface area contributed by atoms with Gasteiger partial charge in [-0.1, -0.05) is 42.1 Å². The van der Waals surface area contributed by atoms with Crippen LogP contribution >= 0.6 is 11.8 Å². The topological polar surface area (TPSA) is 105 Å². The minimum absolute atomic E-state index is 0.0683. The maximum atomic E-state index is 11.9. The summed E-state index contributed by atoms with van der Waals surface area (Å²) in [5.41, 5.74) is 6.88. The first-order chi connectivity index (χ1) is 10.6. The summed E-state index contributed by atoms with van der Waals surface area (Å²) in [4.78, 5) is 19.9. The van der Waals surface area contributed by atoms with Gasteiger partial charge in [0, 0.05) is 0 Å². The van der Waals surface area contributed by atoms with E-state index in [4.69, 9.17) is 11.0 Å². The molecule has 0 fully saturated rings. The lowest BCUT2D eigenvalue weighted by atomic mass is 10.1. The first kappa shape index (κ1) is 15.8. The zero-order valence-electron chi connectivity index (χ0n) is 12.0. The van der Waals surface area contributed by atoms with Crippen LogP contribution in [0.5, 0.6) is 0 Å². The van der Waals surface area contributed by atoms with Crippen LogP contribution in [0.1, 0.15) is 24.1 Å². The van der Waals surface area contributed by atoms with Crippen molar-refractivity contribution in [1.82, 2.24) is 15.3 Å². The molecule has 0 aliphatic rings. The van der Waals surface area contributed by atoms with Gasteiger partial charge in [-0.2, -0.15) is 5.26 Å². The molecule has 1 amide bonds. The Balaban J connectivity index is 1.88. The van der Waals surface area contributed by atoms with E-state index in [1.54, 1.807) is 0 Å². The molecule has 0 saturated carbocycles. The van der Waals surface area contributed by atoms with Gasteiger partial charge in [-0.25, -0.2) is 9.97 Å². The highest BCUT2D eigenvalue weighted by Crippen LogP contribution is 2.16. The van der Waals surface area contributed by atoms with Crippen molar-refractivity contribution in [1.29, 1.82) is 5.26 Å². The number of hydrogen-bond acceptors (Lipinski definition) is 6. The number of nitrogen functional groups attached to an aromatic ring is 1. The number of carbonyl (C=O) groups is 1. The van der Waals surface area contributed by atoms with Gasteiger partial charge >= 0.3 is 0 Å². The van der Waals surface area contributed by atoms with Gasteiger partial charge < -0.3 is 11.1 Å². The molecule has 0 aliphatic carbocycles. The molecule has 3 N–H and O–H groups in total. The molecule has 1 aromatic heterocycles. The molecule has 6 nitrogen and oxygen atoms in total. The molecule has 0 saturated heterocycles. The SMILES string of the molecule is C[C@H](NC(=O)CSc1ncc(C#N)c(N)n1)c1ccccc1. The number of nitriles is 1. The predicted molar refractivity (Wildman–Crippen MR) is 84.9 cm³/mol. The van der Waals surface area contributed by atoms with Crippen molar-refractivity contribution in [3.05, 3.63) is 47.7 Å². The fraction of sp³-hybridized carbons (Fsp3) is 0.200. The average molecular weight is 313 g/mol. The Morgan fingerprint density at radius 1 is 1.45 bits per heavy atom. The molecule has 22 heavy (non-hydrogen) atoms. The number of aromatic nitrogens is 2. The van der Waals surface area contributed by atoms with Crippen LogP contribution in [-0.4, -0.2) is 21.6 Å². The second-order valence-corrected chi connectivity index (χ2v) is 5.49. The van der Waals surface area contributed by atoms with Gasteiger partial charge in [-0.05, 0) is 12.5 Å². The Kier molecular flexibility index (Phi) is 5.33. The lowest BCUT2D eigenvalue weighted by Crippen LogP contribution is -2.28. The molecule has 112 valence electrons. The molecular weight excluding hydrogens is 298 g/mol. The molecule has 7 heteroatoms. The molecule has 1 aromatic carbocycles. The van der Waals surface area contributed by atoms with E-state index in [1.165, 1.54) is 18.0 Å². The standard InChI is InChI=1S/C15H15N5OS/c1-10(11-5-3-2-4-6-11)19-13(21)9-22-15-18-8-12(7-16)14(17)20-15/h2-6,8,10H,9H2,1H3,(H,19,21)(H2,17,18,20)/t10-/m0/s1. The second-order valence-electron chi connectivity index (χ2n) is 4.55. The number of hydrogen-bond donors (Lipinski definition) is 2. The molecule has 0 unspecified atom stereocenters. The van der Waals surface area contributed by atoms with Crippen LogP contribution in [0.15, 0.2) is 41.7 Å². The van der Waals surface area contributed by atoms with Crippen LogP contribution in [0.25, 0.3) is 0 Å². The van der Waals surface area contributed by atoms with Gasteiger partial charge in [0.1, 0.15) is 17.5 Å². The van der Waals surface area contributed by atoms with Crippen molar-refractivity contribution < 1.29 is 4.79 Å². The van der Waals surface area contributed by atoms with Crippen LogP contribution in [0.2, 0.25) is 0 Å².